The molecule has 23 heavy (non-hydrogen) atoms. The van der Waals surface area contributed by atoms with E-state index < -0.39 is 5.03 Å². The standard InChI is InChI=1S/C14H18BIN3O3P/c1-17-3-9-10-5-19(23(15)16)8-22-12(10)11-4-18(2)7-21-14(11)13(9)20-6-17/h3-8H2,1-2H3. The molecular formula is C14H18BIN3O3P. The van der Waals surface area contributed by atoms with E-state index >= 15 is 0 Å². The summed E-state index contributed by atoms with van der Waals surface area (Å²) in [5.74, 6) is 2.72. The van der Waals surface area contributed by atoms with Crippen molar-refractivity contribution < 1.29 is 14.2 Å². The third-order valence-corrected chi connectivity index (χ3v) is 6.98. The van der Waals surface area contributed by atoms with Crippen LogP contribution in [0.15, 0.2) is 0 Å². The third kappa shape index (κ3) is 2.78. The Labute approximate surface area is 150 Å². The summed E-state index contributed by atoms with van der Waals surface area (Å²) < 4.78 is 20.3. The number of halogens is 1. The zero-order valence-electron chi connectivity index (χ0n) is 13.2. The maximum atomic E-state index is 6.12. The summed E-state index contributed by atoms with van der Waals surface area (Å²) >= 11 is 2.28. The van der Waals surface area contributed by atoms with E-state index in [1.807, 2.05) is 7.05 Å². The first kappa shape index (κ1) is 16.1. The molecule has 0 aromatic heterocycles. The van der Waals surface area contributed by atoms with Crippen LogP contribution in [-0.2, 0) is 19.6 Å². The zero-order valence-corrected chi connectivity index (χ0v) is 16.3. The number of hydrogen-bond acceptors (Lipinski definition) is 6. The molecule has 122 valence electrons. The second-order valence-electron chi connectivity index (χ2n) is 6.22. The van der Waals surface area contributed by atoms with Gasteiger partial charge < -0.3 is 0 Å². The molecule has 1 aromatic rings. The van der Waals surface area contributed by atoms with Gasteiger partial charge in [0.15, 0.2) is 0 Å². The molecule has 1 aromatic carbocycles. The molecule has 4 rings (SSSR count). The van der Waals surface area contributed by atoms with E-state index in [1.165, 1.54) is 11.1 Å². The average molecular weight is 445 g/mol. The summed E-state index contributed by atoms with van der Waals surface area (Å²) in [6, 6.07) is 0. The van der Waals surface area contributed by atoms with Crippen molar-refractivity contribution in [3.05, 3.63) is 16.7 Å². The van der Waals surface area contributed by atoms with Gasteiger partial charge in [0.05, 0.1) is 0 Å². The fourth-order valence-corrected chi connectivity index (χ4v) is 4.54. The van der Waals surface area contributed by atoms with Gasteiger partial charge in [0.1, 0.15) is 0 Å². The van der Waals surface area contributed by atoms with Crippen molar-refractivity contribution in [1.29, 1.82) is 0 Å². The Morgan fingerprint density at radius 3 is 2.00 bits per heavy atom. The maximum absolute atomic E-state index is 6.12. The fourth-order valence-electron chi connectivity index (χ4n) is 3.26. The Morgan fingerprint density at radius 2 is 1.35 bits per heavy atom. The van der Waals surface area contributed by atoms with Crippen molar-refractivity contribution >= 4 is 34.1 Å². The zero-order chi connectivity index (χ0) is 16.1. The summed E-state index contributed by atoms with van der Waals surface area (Å²) in [4.78, 5) is 4.28. The molecule has 0 radical (unpaired) electrons. The minimum absolute atomic E-state index is 0.532. The SMILES string of the molecule is B#P(I)N1COc2c(c3c(c4c2CN(C)CO4)OCN(C)C3)C1. The van der Waals surface area contributed by atoms with Crippen LogP contribution in [0.3, 0.4) is 0 Å². The van der Waals surface area contributed by atoms with Crippen molar-refractivity contribution in [3.63, 3.8) is 0 Å². The Morgan fingerprint density at radius 1 is 0.826 bits per heavy atom. The van der Waals surface area contributed by atoms with E-state index in [2.05, 4.69) is 43.6 Å². The molecule has 0 saturated carbocycles. The van der Waals surface area contributed by atoms with Crippen LogP contribution in [0.25, 0.3) is 0 Å². The van der Waals surface area contributed by atoms with Crippen molar-refractivity contribution in [2.75, 3.05) is 34.3 Å². The molecule has 0 N–H and O–H groups in total. The van der Waals surface area contributed by atoms with Crippen LogP contribution >= 0.6 is 27.1 Å². The molecule has 3 aliphatic rings. The van der Waals surface area contributed by atoms with Gasteiger partial charge in [-0.3, -0.25) is 0 Å². The first-order valence-electron chi connectivity index (χ1n) is 7.46. The third-order valence-electron chi connectivity index (χ3n) is 4.35. The van der Waals surface area contributed by atoms with Crippen molar-refractivity contribution in [1.82, 2.24) is 14.5 Å². The van der Waals surface area contributed by atoms with Gasteiger partial charge >= 0.3 is 151 Å². The van der Waals surface area contributed by atoms with Crippen molar-refractivity contribution in [2.24, 2.45) is 0 Å². The number of benzene rings is 1. The Bertz CT molecular complexity index is 738. The molecule has 3 aliphatic heterocycles. The molecule has 1 atom stereocenters. The number of hydrogen-bond donors (Lipinski definition) is 0. The minimum atomic E-state index is -0.705. The molecule has 0 amide bonds. The van der Waals surface area contributed by atoms with Crippen molar-refractivity contribution in [2.45, 2.75) is 19.6 Å². The van der Waals surface area contributed by atoms with E-state index in [-0.39, 0.29) is 0 Å². The van der Waals surface area contributed by atoms with Gasteiger partial charge in [-0.25, -0.2) is 0 Å². The number of fused-ring (bicyclic) bond motifs is 6. The molecule has 0 saturated heterocycles. The quantitative estimate of drug-likeness (QED) is 0.347. The summed E-state index contributed by atoms with van der Waals surface area (Å²) in [6.45, 7) is 4.14. The van der Waals surface area contributed by atoms with Crippen LogP contribution in [0.4, 0.5) is 0 Å². The van der Waals surface area contributed by atoms with E-state index in [0.717, 1.165) is 42.4 Å². The van der Waals surface area contributed by atoms with Crippen LogP contribution in [0.1, 0.15) is 16.7 Å². The van der Waals surface area contributed by atoms with Crippen LogP contribution < -0.4 is 14.2 Å². The Balaban J connectivity index is 1.89. The summed E-state index contributed by atoms with van der Waals surface area (Å²) in [5, 5.41) is -0.705. The molecule has 1 unspecified atom stereocenters. The molecule has 9 heteroatoms. The van der Waals surface area contributed by atoms with E-state index in [1.54, 1.807) is 0 Å². The van der Waals surface area contributed by atoms with Crippen LogP contribution in [0, 0.1) is 0 Å². The molecule has 0 aliphatic carbocycles. The van der Waals surface area contributed by atoms with Crippen molar-refractivity contribution in [3.8, 4) is 17.2 Å². The Hall–Kier alpha value is -0.405. The molecule has 0 fully saturated rings. The van der Waals surface area contributed by atoms with Gasteiger partial charge in [0, 0.05) is 0 Å². The summed E-state index contributed by atoms with van der Waals surface area (Å²) in [6.07, 6.45) is 0. The molecule has 6 nitrogen and oxygen atoms in total. The number of ether oxygens (including phenoxy) is 3. The fraction of sp³-hybridized carbons (Fsp3) is 0.571. The second kappa shape index (κ2) is 6.15. The van der Waals surface area contributed by atoms with E-state index in [0.29, 0.717) is 20.2 Å². The van der Waals surface area contributed by atoms with Gasteiger partial charge in [-0.1, -0.05) is 0 Å². The van der Waals surface area contributed by atoms with Crippen LogP contribution in [0.5, 0.6) is 17.2 Å². The van der Waals surface area contributed by atoms with Gasteiger partial charge in [-0.05, 0) is 0 Å². The predicted molar refractivity (Wildman–Crippen MR) is 98.1 cm³/mol. The number of rotatable bonds is 0. The van der Waals surface area contributed by atoms with Gasteiger partial charge in [0.2, 0.25) is 0 Å². The molecule has 0 spiro atoms. The van der Waals surface area contributed by atoms with E-state index in [4.69, 9.17) is 21.2 Å². The normalized spacial score (nSPS) is 22.2. The van der Waals surface area contributed by atoms with Gasteiger partial charge in [-0.2, -0.15) is 0 Å². The first-order chi connectivity index (χ1) is 11.0. The second-order valence-corrected chi connectivity index (χ2v) is 10.3. The average Bonchev–Trinajstić information content (AvgIpc) is 2.54. The van der Waals surface area contributed by atoms with Crippen LogP contribution in [-0.4, -0.2) is 55.8 Å². The Kier molecular flexibility index (Phi) is 4.30. The van der Waals surface area contributed by atoms with E-state index in [9.17, 15) is 0 Å². The van der Waals surface area contributed by atoms with Gasteiger partial charge in [0.25, 0.3) is 0 Å². The van der Waals surface area contributed by atoms with Gasteiger partial charge in [-0.15, -0.1) is 0 Å². The summed E-state index contributed by atoms with van der Waals surface area (Å²) in [5.41, 5.74) is 3.48. The summed E-state index contributed by atoms with van der Waals surface area (Å²) in [7, 11) is 10.2. The predicted octanol–water partition coefficient (Wildman–Crippen LogP) is 2.23. The molecular weight excluding hydrogens is 427 g/mol. The number of nitrogens with zero attached hydrogens (tertiary/aromatic N) is 3. The molecule has 0 bridgehead atoms. The topological polar surface area (TPSA) is 37.4 Å². The van der Waals surface area contributed by atoms with Crippen LogP contribution in [0.2, 0.25) is 0 Å². The monoisotopic (exact) mass is 445 g/mol. The molecule has 3 heterocycles. The first-order valence-corrected chi connectivity index (χ1v) is 11.6.